The molecule has 4 nitrogen and oxygen atoms in total. The summed E-state index contributed by atoms with van der Waals surface area (Å²) in [5, 5.41) is 3.07. The van der Waals surface area contributed by atoms with E-state index in [0.717, 1.165) is 28.8 Å². The second-order valence-corrected chi connectivity index (χ2v) is 5.77. The van der Waals surface area contributed by atoms with Crippen molar-refractivity contribution < 1.29 is 4.74 Å². The topological polar surface area (TPSA) is 59.6 Å². The number of methoxy groups -OCH3 is 1. The molecular weight excluding hydrogens is 469 g/mol. The van der Waals surface area contributed by atoms with Crippen molar-refractivity contribution in [2.24, 2.45) is 10.7 Å². The van der Waals surface area contributed by atoms with E-state index in [9.17, 15) is 0 Å². The van der Waals surface area contributed by atoms with Crippen molar-refractivity contribution in [3.8, 4) is 5.75 Å². The summed E-state index contributed by atoms with van der Waals surface area (Å²) in [7, 11) is 1.64. The Morgan fingerprint density at radius 2 is 1.96 bits per heavy atom. The normalized spacial score (nSPS) is 10.8. The van der Waals surface area contributed by atoms with Crippen molar-refractivity contribution in [3.63, 3.8) is 0 Å². The number of aliphatic imine (C=N–C) groups is 1. The molecule has 2 aromatic carbocycles. The number of rotatable bonds is 6. The van der Waals surface area contributed by atoms with Crippen molar-refractivity contribution >= 4 is 51.6 Å². The summed E-state index contributed by atoms with van der Waals surface area (Å²) in [6.45, 7) is 0.696. The summed E-state index contributed by atoms with van der Waals surface area (Å²) >= 11 is 3.48. The Hall–Kier alpha value is -1.28. The molecule has 0 aliphatic carbocycles. The molecule has 3 N–H and O–H groups in total. The Bertz CT molecular complexity index is 632. The Labute approximate surface area is 162 Å². The number of anilines is 1. The van der Waals surface area contributed by atoms with Crippen molar-refractivity contribution in [1.82, 2.24) is 0 Å². The van der Waals surface area contributed by atoms with Crippen LogP contribution in [0.3, 0.4) is 0 Å². The van der Waals surface area contributed by atoms with Gasteiger partial charge in [0.2, 0.25) is 0 Å². The third-order valence-corrected chi connectivity index (χ3v) is 3.65. The molecule has 0 aliphatic heterocycles. The van der Waals surface area contributed by atoms with Crippen LogP contribution in [0.25, 0.3) is 0 Å². The molecule has 23 heavy (non-hydrogen) atoms. The van der Waals surface area contributed by atoms with Crippen molar-refractivity contribution in [2.45, 2.75) is 12.8 Å². The van der Waals surface area contributed by atoms with E-state index in [4.69, 9.17) is 10.5 Å². The van der Waals surface area contributed by atoms with E-state index < -0.39 is 0 Å². The number of nitrogens with two attached hydrogens (primary N) is 1. The number of halogens is 2. The number of hydrogen-bond donors (Lipinski definition) is 2. The lowest BCUT2D eigenvalue weighted by molar-refractivity contribution is 0.415. The van der Waals surface area contributed by atoms with Crippen molar-refractivity contribution in [1.29, 1.82) is 0 Å². The van der Waals surface area contributed by atoms with Crippen LogP contribution >= 0.6 is 39.9 Å². The molecule has 0 atom stereocenters. The molecule has 0 heterocycles. The molecule has 0 unspecified atom stereocenters. The third kappa shape index (κ3) is 7.22. The number of aryl methyl sites for hydroxylation is 1. The molecule has 0 radical (unpaired) electrons. The second kappa shape index (κ2) is 10.5. The minimum absolute atomic E-state index is 0. The van der Waals surface area contributed by atoms with Crippen LogP contribution in [-0.2, 0) is 6.42 Å². The van der Waals surface area contributed by atoms with Gasteiger partial charge in [-0.05, 0) is 54.8 Å². The summed E-state index contributed by atoms with van der Waals surface area (Å²) in [4.78, 5) is 4.34. The molecule has 0 aliphatic rings. The molecule has 0 saturated carbocycles. The summed E-state index contributed by atoms with van der Waals surface area (Å²) in [5.41, 5.74) is 8.07. The van der Waals surface area contributed by atoms with Gasteiger partial charge in [0.25, 0.3) is 0 Å². The lowest BCUT2D eigenvalue weighted by Gasteiger charge is -2.06. The Kier molecular flexibility index (Phi) is 9.01. The van der Waals surface area contributed by atoms with E-state index in [1.165, 1.54) is 5.56 Å². The second-order valence-electron chi connectivity index (χ2n) is 4.85. The largest absolute Gasteiger partial charge is 0.497 e. The van der Waals surface area contributed by atoms with Crippen LogP contribution in [0.1, 0.15) is 12.0 Å². The fourth-order valence-electron chi connectivity index (χ4n) is 2.04. The highest BCUT2D eigenvalue weighted by Crippen LogP contribution is 2.15. The van der Waals surface area contributed by atoms with E-state index in [1.807, 2.05) is 36.4 Å². The molecule has 0 fully saturated rings. The maximum Gasteiger partial charge on any atom is 0.193 e. The summed E-state index contributed by atoms with van der Waals surface area (Å²) in [6.07, 6.45) is 1.94. The number of guanidine groups is 1. The Balaban J connectivity index is 0.00000264. The first-order valence-electron chi connectivity index (χ1n) is 7.13. The first-order chi connectivity index (χ1) is 10.7. The van der Waals surface area contributed by atoms with Gasteiger partial charge in [-0.3, -0.25) is 4.99 Å². The van der Waals surface area contributed by atoms with E-state index in [1.54, 1.807) is 7.11 Å². The Morgan fingerprint density at radius 1 is 1.22 bits per heavy atom. The fraction of sp³-hybridized carbons (Fsp3) is 0.235. The van der Waals surface area contributed by atoms with Crippen molar-refractivity contribution in [3.05, 3.63) is 58.6 Å². The zero-order valence-corrected chi connectivity index (χ0v) is 16.9. The van der Waals surface area contributed by atoms with Crippen LogP contribution in [0, 0.1) is 0 Å². The molecule has 0 aromatic heterocycles. The lowest BCUT2D eigenvalue weighted by atomic mass is 10.1. The standard InChI is InChI=1S/C17H20BrN3O.HI/c1-22-16-9-7-15(8-10-16)21-17(19)20-11-3-5-13-4-2-6-14(18)12-13;/h2,4,6-10,12H,3,5,11H2,1H3,(H3,19,20,21);1H. The van der Waals surface area contributed by atoms with Crippen LogP contribution in [0.4, 0.5) is 5.69 Å². The molecule has 0 saturated heterocycles. The Morgan fingerprint density at radius 3 is 2.61 bits per heavy atom. The van der Waals surface area contributed by atoms with Crippen LogP contribution < -0.4 is 15.8 Å². The zero-order valence-electron chi connectivity index (χ0n) is 13.0. The minimum atomic E-state index is 0. The monoisotopic (exact) mass is 489 g/mol. The number of hydrogen-bond acceptors (Lipinski definition) is 2. The van der Waals surface area contributed by atoms with Gasteiger partial charge in [0.05, 0.1) is 7.11 Å². The molecule has 2 aromatic rings. The zero-order chi connectivity index (χ0) is 15.8. The van der Waals surface area contributed by atoms with Gasteiger partial charge < -0.3 is 15.8 Å². The summed E-state index contributed by atoms with van der Waals surface area (Å²) in [5.74, 6) is 1.24. The molecule has 6 heteroatoms. The van der Waals surface area contributed by atoms with Crippen LogP contribution in [0.2, 0.25) is 0 Å². The molecule has 2 rings (SSSR count). The first-order valence-corrected chi connectivity index (χ1v) is 7.92. The maximum absolute atomic E-state index is 5.88. The highest BCUT2D eigenvalue weighted by atomic mass is 127. The van der Waals surface area contributed by atoms with Gasteiger partial charge in [-0.2, -0.15) is 0 Å². The van der Waals surface area contributed by atoms with E-state index in [0.29, 0.717) is 12.5 Å². The number of ether oxygens (including phenoxy) is 1. The van der Waals surface area contributed by atoms with E-state index >= 15 is 0 Å². The molecule has 124 valence electrons. The number of nitrogens with one attached hydrogen (secondary N) is 1. The lowest BCUT2D eigenvalue weighted by Crippen LogP contribution is -2.22. The minimum Gasteiger partial charge on any atom is -0.497 e. The summed E-state index contributed by atoms with van der Waals surface area (Å²) in [6, 6.07) is 15.9. The fourth-order valence-corrected chi connectivity index (χ4v) is 2.48. The van der Waals surface area contributed by atoms with Gasteiger partial charge in [-0.1, -0.05) is 28.1 Å². The van der Waals surface area contributed by atoms with Crippen LogP contribution in [0.15, 0.2) is 58.0 Å². The van der Waals surface area contributed by atoms with Crippen LogP contribution in [0.5, 0.6) is 5.75 Å². The SMILES string of the molecule is COc1ccc(NC(N)=NCCCc2cccc(Br)c2)cc1.I. The highest BCUT2D eigenvalue weighted by Gasteiger charge is 1.97. The average Bonchev–Trinajstić information content (AvgIpc) is 2.52. The molecular formula is C17H21BrIN3O. The highest BCUT2D eigenvalue weighted by molar-refractivity contribution is 14.0. The van der Waals surface area contributed by atoms with Gasteiger partial charge in [-0.25, -0.2) is 0 Å². The van der Waals surface area contributed by atoms with Gasteiger partial charge in [-0.15, -0.1) is 24.0 Å². The summed E-state index contributed by atoms with van der Waals surface area (Å²) < 4.78 is 6.22. The third-order valence-electron chi connectivity index (χ3n) is 3.16. The van der Waals surface area contributed by atoms with E-state index in [-0.39, 0.29) is 24.0 Å². The van der Waals surface area contributed by atoms with Gasteiger partial charge in [0, 0.05) is 16.7 Å². The van der Waals surface area contributed by atoms with E-state index in [2.05, 4.69) is 38.4 Å². The molecule has 0 spiro atoms. The maximum atomic E-state index is 5.88. The van der Waals surface area contributed by atoms with Gasteiger partial charge >= 0.3 is 0 Å². The molecule has 0 amide bonds. The van der Waals surface area contributed by atoms with Crippen LogP contribution in [-0.4, -0.2) is 19.6 Å². The number of benzene rings is 2. The smallest absolute Gasteiger partial charge is 0.193 e. The van der Waals surface area contributed by atoms with Gasteiger partial charge in [0.1, 0.15) is 5.75 Å². The first kappa shape index (κ1) is 19.8. The van der Waals surface area contributed by atoms with Gasteiger partial charge in [0.15, 0.2) is 5.96 Å². The predicted molar refractivity (Wildman–Crippen MR) is 111 cm³/mol. The quantitative estimate of drug-likeness (QED) is 0.273. The van der Waals surface area contributed by atoms with Crippen molar-refractivity contribution in [2.75, 3.05) is 19.0 Å². The predicted octanol–water partition coefficient (Wildman–Crippen LogP) is 4.44. The average molecular weight is 490 g/mol. The molecule has 0 bridgehead atoms. The number of nitrogens with zero attached hydrogens (tertiary/aromatic N) is 1.